The van der Waals surface area contributed by atoms with Gasteiger partial charge in [-0.05, 0) is 25.1 Å². The van der Waals surface area contributed by atoms with Crippen LogP contribution in [0, 0.1) is 18.3 Å². The van der Waals surface area contributed by atoms with Crippen LogP contribution in [0.4, 0.5) is 5.82 Å². The van der Waals surface area contributed by atoms with Crippen molar-refractivity contribution in [3.8, 4) is 6.07 Å². The zero-order valence-corrected chi connectivity index (χ0v) is 8.90. The molecular weight excluding hydrogens is 202 g/mol. The van der Waals surface area contributed by atoms with E-state index in [1.807, 2.05) is 19.1 Å². The molecule has 0 spiro atoms. The normalized spacial score (nSPS) is 9.75. The second kappa shape index (κ2) is 4.49. The van der Waals surface area contributed by atoms with Crippen LogP contribution in [0.3, 0.4) is 0 Å². The van der Waals surface area contributed by atoms with Gasteiger partial charge in [-0.1, -0.05) is 0 Å². The number of rotatable bonds is 3. The number of nitrogens with one attached hydrogen (secondary N) is 1. The average Bonchev–Trinajstić information content (AvgIpc) is 2.79. The monoisotopic (exact) mass is 213 g/mol. The molecule has 0 aromatic carbocycles. The minimum atomic E-state index is 0.550. The molecule has 2 rings (SSSR count). The molecule has 0 saturated heterocycles. The summed E-state index contributed by atoms with van der Waals surface area (Å²) in [6.07, 6.45) is 3.28. The first-order valence-electron chi connectivity index (χ1n) is 4.92. The van der Waals surface area contributed by atoms with Gasteiger partial charge in [0.05, 0.1) is 18.1 Å². The van der Waals surface area contributed by atoms with Gasteiger partial charge in [0, 0.05) is 17.8 Å². The molecular formula is C12H11N3O. The van der Waals surface area contributed by atoms with Crippen LogP contribution in [0.25, 0.3) is 0 Å². The molecule has 0 fully saturated rings. The molecule has 0 amide bonds. The van der Waals surface area contributed by atoms with E-state index >= 15 is 0 Å². The second-order valence-electron chi connectivity index (χ2n) is 3.45. The van der Waals surface area contributed by atoms with Gasteiger partial charge in [0.25, 0.3) is 0 Å². The lowest BCUT2D eigenvalue weighted by molar-refractivity contribution is 0.564. The molecule has 4 heteroatoms. The van der Waals surface area contributed by atoms with Crippen LogP contribution in [0.15, 0.2) is 35.1 Å². The molecule has 4 nitrogen and oxygen atoms in total. The number of furan rings is 1. The van der Waals surface area contributed by atoms with Gasteiger partial charge in [-0.2, -0.15) is 5.26 Å². The van der Waals surface area contributed by atoms with Crippen molar-refractivity contribution in [2.75, 3.05) is 5.32 Å². The Balaban J connectivity index is 2.15. The Morgan fingerprint density at radius 1 is 1.44 bits per heavy atom. The number of pyridine rings is 1. The van der Waals surface area contributed by atoms with Crippen molar-refractivity contribution >= 4 is 5.82 Å². The van der Waals surface area contributed by atoms with E-state index in [2.05, 4.69) is 16.4 Å². The van der Waals surface area contributed by atoms with E-state index in [9.17, 15) is 0 Å². The SMILES string of the molecule is Cc1ccc(C#N)c(NCc2ccoc2)n1. The Labute approximate surface area is 93.5 Å². The van der Waals surface area contributed by atoms with E-state index in [1.54, 1.807) is 18.6 Å². The molecule has 0 unspecified atom stereocenters. The summed E-state index contributed by atoms with van der Waals surface area (Å²) in [6.45, 7) is 2.49. The summed E-state index contributed by atoms with van der Waals surface area (Å²) < 4.78 is 4.96. The highest BCUT2D eigenvalue weighted by atomic mass is 16.3. The quantitative estimate of drug-likeness (QED) is 0.850. The third kappa shape index (κ3) is 2.20. The second-order valence-corrected chi connectivity index (χ2v) is 3.45. The lowest BCUT2D eigenvalue weighted by atomic mass is 10.2. The third-order valence-electron chi connectivity index (χ3n) is 2.19. The predicted molar refractivity (Wildman–Crippen MR) is 59.7 cm³/mol. The van der Waals surface area contributed by atoms with E-state index in [0.29, 0.717) is 17.9 Å². The fourth-order valence-corrected chi connectivity index (χ4v) is 1.36. The van der Waals surface area contributed by atoms with Crippen molar-refractivity contribution in [2.24, 2.45) is 0 Å². The van der Waals surface area contributed by atoms with Gasteiger partial charge in [0.2, 0.25) is 0 Å². The molecule has 0 bridgehead atoms. The summed E-state index contributed by atoms with van der Waals surface area (Å²) in [7, 11) is 0. The van der Waals surface area contributed by atoms with Crippen molar-refractivity contribution in [2.45, 2.75) is 13.5 Å². The summed E-state index contributed by atoms with van der Waals surface area (Å²) in [6, 6.07) is 7.56. The molecule has 0 aliphatic carbocycles. The lowest BCUT2D eigenvalue weighted by Crippen LogP contribution is -2.03. The summed E-state index contributed by atoms with van der Waals surface area (Å²) in [5.41, 5.74) is 2.45. The number of hydrogen-bond donors (Lipinski definition) is 1. The van der Waals surface area contributed by atoms with Gasteiger partial charge < -0.3 is 9.73 Å². The summed E-state index contributed by atoms with van der Waals surface area (Å²) >= 11 is 0. The number of aryl methyl sites for hydroxylation is 1. The van der Waals surface area contributed by atoms with E-state index < -0.39 is 0 Å². The van der Waals surface area contributed by atoms with Gasteiger partial charge >= 0.3 is 0 Å². The van der Waals surface area contributed by atoms with Crippen LogP contribution in [-0.2, 0) is 6.54 Å². The molecule has 80 valence electrons. The average molecular weight is 213 g/mol. The maximum absolute atomic E-state index is 8.92. The highest BCUT2D eigenvalue weighted by Crippen LogP contribution is 2.13. The molecule has 0 aliphatic heterocycles. The molecule has 0 saturated carbocycles. The van der Waals surface area contributed by atoms with Crippen LogP contribution in [0.2, 0.25) is 0 Å². The standard InChI is InChI=1S/C12H11N3O/c1-9-2-3-11(6-13)12(15-9)14-7-10-4-5-16-8-10/h2-5,8H,7H2,1H3,(H,14,15). The van der Waals surface area contributed by atoms with Crippen LogP contribution in [0.5, 0.6) is 0 Å². The molecule has 0 atom stereocenters. The Kier molecular flexibility index (Phi) is 2.88. The van der Waals surface area contributed by atoms with Crippen molar-refractivity contribution < 1.29 is 4.42 Å². The topological polar surface area (TPSA) is 61.9 Å². The Bertz CT molecular complexity index is 512. The summed E-state index contributed by atoms with van der Waals surface area (Å²) in [5, 5.41) is 12.0. The predicted octanol–water partition coefficient (Wildman–Crippen LogP) is 2.47. The van der Waals surface area contributed by atoms with Gasteiger partial charge in [0.15, 0.2) is 0 Å². The first-order chi connectivity index (χ1) is 7.79. The lowest BCUT2D eigenvalue weighted by Gasteiger charge is -2.06. The number of hydrogen-bond acceptors (Lipinski definition) is 4. The Morgan fingerprint density at radius 2 is 2.31 bits per heavy atom. The van der Waals surface area contributed by atoms with E-state index in [4.69, 9.17) is 9.68 Å². The molecule has 2 aromatic rings. The number of aromatic nitrogens is 1. The van der Waals surface area contributed by atoms with Crippen molar-refractivity contribution in [1.29, 1.82) is 5.26 Å². The van der Waals surface area contributed by atoms with Gasteiger partial charge in [0.1, 0.15) is 11.9 Å². The van der Waals surface area contributed by atoms with Crippen molar-refractivity contribution in [3.05, 3.63) is 47.5 Å². The molecule has 0 radical (unpaired) electrons. The maximum atomic E-state index is 8.92. The first-order valence-corrected chi connectivity index (χ1v) is 4.92. The maximum Gasteiger partial charge on any atom is 0.144 e. The number of nitrogens with zero attached hydrogens (tertiary/aromatic N) is 2. The molecule has 0 aliphatic rings. The van der Waals surface area contributed by atoms with E-state index in [1.165, 1.54) is 0 Å². The van der Waals surface area contributed by atoms with Crippen LogP contribution >= 0.6 is 0 Å². The van der Waals surface area contributed by atoms with Crippen molar-refractivity contribution in [3.63, 3.8) is 0 Å². The number of anilines is 1. The Morgan fingerprint density at radius 3 is 3.00 bits per heavy atom. The minimum Gasteiger partial charge on any atom is -0.472 e. The third-order valence-corrected chi connectivity index (χ3v) is 2.19. The number of nitriles is 1. The fraction of sp³-hybridized carbons (Fsp3) is 0.167. The zero-order chi connectivity index (χ0) is 11.4. The first kappa shape index (κ1) is 10.2. The summed E-state index contributed by atoms with van der Waals surface area (Å²) in [4.78, 5) is 4.28. The van der Waals surface area contributed by atoms with Gasteiger partial charge in [-0.15, -0.1) is 0 Å². The fourth-order valence-electron chi connectivity index (χ4n) is 1.36. The highest BCUT2D eigenvalue weighted by molar-refractivity contribution is 5.52. The van der Waals surface area contributed by atoms with Crippen molar-refractivity contribution in [1.82, 2.24) is 4.98 Å². The zero-order valence-electron chi connectivity index (χ0n) is 8.90. The van der Waals surface area contributed by atoms with Gasteiger partial charge in [-0.25, -0.2) is 4.98 Å². The van der Waals surface area contributed by atoms with Crippen LogP contribution in [-0.4, -0.2) is 4.98 Å². The Hall–Kier alpha value is -2.28. The minimum absolute atomic E-state index is 0.550. The highest BCUT2D eigenvalue weighted by Gasteiger charge is 2.03. The van der Waals surface area contributed by atoms with Crippen LogP contribution < -0.4 is 5.32 Å². The molecule has 1 N–H and O–H groups in total. The molecule has 2 aromatic heterocycles. The van der Waals surface area contributed by atoms with Crippen LogP contribution in [0.1, 0.15) is 16.8 Å². The van der Waals surface area contributed by atoms with E-state index in [0.717, 1.165) is 11.3 Å². The smallest absolute Gasteiger partial charge is 0.144 e. The molecule has 2 heterocycles. The van der Waals surface area contributed by atoms with E-state index in [-0.39, 0.29) is 0 Å². The largest absolute Gasteiger partial charge is 0.472 e. The van der Waals surface area contributed by atoms with Gasteiger partial charge in [-0.3, -0.25) is 0 Å². The molecule has 16 heavy (non-hydrogen) atoms. The summed E-state index contributed by atoms with van der Waals surface area (Å²) in [5.74, 6) is 0.615.